The van der Waals surface area contributed by atoms with Gasteiger partial charge in [-0.1, -0.05) is 34.5 Å². The van der Waals surface area contributed by atoms with Crippen molar-refractivity contribution in [3.63, 3.8) is 0 Å². The second-order valence-corrected chi connectivity index (χ2v) is 11.6. The highest BCUT2D eigenvalue weighted by molar-refractivity contribution is 7.89. The summed E-state index contributed by atoms with van der Waals surface area (Å²) < 4.78 is 67.1. The number of piperidine rings is 1. The molecule has 1 aliphatic heterocycles. The Morgan fingerprint density at radius 2 is 1.74 bits per heavy atom. The third-order valence-electron chi connectivity index (χ3n) is 6.39. The number of halogens is 5. The number of benzene rings is 2. The van der Waals surface area contributed by atoms with Gasteiger partial charge in [0.05, 0.1) is 17.0 Å². The first-order chi connectivity index (χ1) is 17.9. The molecule has 1 saturated heterocycles. The van der Waals surface area contributed by atoms with Gasteiger partial charge in [-0.3, -0.25) is 4.79 Å². The van der Waals surface area contributed by atoms with Gasteiger partial charge in [0, 0.05) is 29.1 Å². The number of nitrogens with zero attached hydrogens (tertiary/aromatic N) is 5. The molecule has 2 aromatic carbocycles. The third-order valence-corrected chi connectivity index (χ3v) is 8.89. The standard InChI is InChI=1S/C23H19Cl2F3N6O3S/c24-16-4-1-14(18(25)11-16)12-34-21-19(31-32-34)22(35)30-20(29-21)13-7-9-33(10-8-13)38(36,37)17-5-2-15(3-6-17)23(26,27)28/h1-6,11,13H,7-10,12H2,(H,29,30,35). The van der Waals surface area contributed by atoms with Gasteiger partial charge >= 0.3 is 6.18 Å². The summed E-state index contributed by atoms with van der Waals surface area (Å²) in [5, 5.41) is 8.86. The lowest BCUT2D eigenvalue weighted by atomic mass is 9.97. The monoisotopic (exact) mass is 586 g/mol. The predicted molar refractivity (Wildman–Crippen MR) is 134 cm³/mol. The molecular weight excluding hydrogens is 568 g/mol. The van der Waals surface area contributed by atoms with Gasteiger partial charge in [0.15, 0.2) is 11.2 Å². The minimum atomic E-state index is -4.56. The maximum atomic E-state index is 13.0. The van der Waals surface area contributed by atoms with Crippen LogP contribution in [0.25, 0.3) is 11.2 Å². The molecule has 0 amide bonds. The molecule has 0 atom stereocenters. The molecular formula is C23H19Cl2F3N6O3S. The van der Waals surface area contributed by atoms with Crippen molar-refractivity contribution >= 4 is 44.4 Å². The lowest BCUT2D eigenvalue weighted by Crippen LogP contribution is -2.38. The molecule has 5 rings (SSSR count). The van der Waals surface area contributed by atoms with Gasteiger partial charge in [0.25, 0.3) is 5.56 Å². The van der Waals surface area contributed by atoms with Gasteiger partial charge in [-0.25, -0.2) is 18.1 Å². The Morgan fingerprint density at radius 3 is 2.37 bits per heavy atom. The fraction of sp³-hybridized carbons (Fsp3) is 0.304. The first kappa shape index (κ1) is 26.6. The number of alkyl halides is 3. The van der Waals surface area contributed by atoms with E-state index in [1.807, 2.05) is 0 Å². The number of H-pyrrole nitrogens is 1. The zero-order chi connectivity index (χ0) is 27.2. The van der Waals surface area contributed by atoms with Crippen LogP contribution >= 0.6 is 23.2 Å². The average Bonchev–Trinajstić information content (AvgIpc) is 3.28. The second-order valence-electron chi connectivity index (χ2n) is 8.81. The Bertz CT molecular complexity index is 1660. The van der Waals surface area contributed by atoms with Crippen LogP contribution < -0.4 is 5.56 Å². The fourth-order valence-electron chi connectivity index (χ4n) is 4.33. The molecule has 0 spiro atoms. The van der Waals surface area contributed by atoms with Crippen molar-refractivity contribution in [1.29, 1.82) is 0 Å². The van der Waals surface area contributed by atoms with Crippen molar-refractivity contribution in [2.75, 3.05) is 13.1 Å². The number of aromatic nitrogens is 5. The van der Waals surface area contributed by atoms with Crippen LogP contribution in [0.15, 0.2) is 52.2 Å². The number of aromatic amines is 1. The van der Waals surface area contributed by atoms with E-state index in [9.17, 15) is 26.4 Å². The van der Waals surface area contributed by atoms with Gasteiger partial charge in [0.1, 0.15) is 5.82 Å². The predicted octanol–water partition coefficient (Wildman–Crippen LogP) is 4.46. The van der Waals surface area contributed by atoms with Gasteiger partial charge in [-0.2, -0.15) is 17.5 Å². The van der Waals surface area contributed by atoms with Crippen LogP contribution in [0.2, 0.25) is 10.0 Å². The molecule has 1 fully saturated rings. The molecule has 2 aromatic heterocycles. The van der Waals surface area contributed by atoms with Crippen molar-refractivity contribution in [2.45, 2.75) is 36.4 Å². The lowest BCUT2D eigenvalue weighted by Gasteiger charge is -2.30. The second kappa shape index (κ2) is 9.95. The molecule has 9 nitrogen and oxygen atoms in total. The maximum Gasteiger partial charge on any atom is 0.416 e. The van der Waals surface area contributed by atoms with Gasteiger partial charge < -0.3 is 4.98 Å². The van der Waals surface area contributed by atoms with Crippen LogP contribution in [0.3, 0.4) is 0 Å². The minimum absolute atomic E-state index is 0.0566. The van der Waals surface area contributed by atoms with Crippen LogP contribution in [-0.2, 0) is 22.7 Å². The number of nitrogens with one attached hydrogen (secondary N) is 1. The van der Waals surface area contributed by atoms with Crippen LogP contribution in [0.5, 0.6) is 0 Å². The number of rotatable bonds is 5. The molecule has 3 heterocycles. The van der Waals surface area contributed by atoms with Gasteiger partial charge in [-0.05, 0) is 54.8 Å². The molecule has 15 heteroatoms. The Kier molecular flexibility index (Phi) is 6.97. The zero-order valence-electron chi connectivity index (χ0n) is 19.4. The summed E-state index contributed by atoms with van der Waals surface area (Å²) in [6.07, 6.45) is -3.87. The first-order valence-electron chi connectivity index (χ1n) is 11.4. The molecule has 0 saturated carbocycles. The first-order valence-corrected chi connectivity index (χ1v) is 13.6. The van der Waals surface area contributed by atoms with E-state index in [1.165, 1.54) is 8.99 Å². The highest BCUT2D eigenvalue weighted by atomic mass is 35.5. The summed E-state index contributed by atoms with van der Waals surface area (Å²) in [5.74, 6) is 0.119. The van der Waals surface area contributed by atoms with Crippen molar-refractivity contribution in [3.05, 3.63) is 79.8 Å². The SMILES string of the molecule is O=c1[nH]c(C2CCN(S(=O)(=O)c3ccc(C(F)(F)F)cc3)CC2)nc2c1nnn2Cc1ccc(Cl)cc1Cl. The average molecular weight is 587 g/mol. The number of hydrogen-bond acceptors (Lipinski definition) is 6. The highest BCUT2D eigenvalue weighted by Crippen LogP contribution is 2.32. The zero-order valence-corrected chi connectivity index (χ0v) is 21.7. The summed E-state index contributed by atoms with van der Waals surface area (Å²) in [7, 11) is -3.98. The van der Waals surface area contributed by atoms with Crippen molar-refractivity contribution in [1.82, 2.24) is 29.3 Å². The smallest absolute Gasteiger partial charge is 0.308 e. The van der Waals surface area contributed by atoms with E-state index in [0.717, 1.165) is 24.3 Å². The van der Waals surface area contributed by atoms with Gasteiger partial charge in [-0.15, -0.1) is 5.10 Å². The van der Waals surface area contributed by atoms with E-state index in [4.69, 9.17) is 23.2 Å². The van der Waals surface area contributed by atoms with E-state index in [1.54, 1.807) is 18.2 Å². The summed E-state index contributed by atoms with van der Waals surface area (Å²) in [4.78, 5) is 19.8. The number of hydrogen-bond donors (Lipinski definition) is 1. The molecule has 200 valence electrons. The van der Waals surface area contributed by atoms with E-state index in [0.29, 0.717) is 34.3 Å². The summed E-state index contributed by atoms with van der Waals surface area (Å²) in [6, 6.07) is 8.42. The fourth-order valence-corrected chi connectivity index (χ4v) is 6.27. The van der Waals surface area contributed by atoms with Crippen LogP contribution in [0.4, 0.5) is 13.2 Å². The molecule has 0 bridgehead atoms. The largest absolute Gasteiger partial charge is 0.416 e. The summed E-state index contributed by atoms with van der Waals surface area (Å²) in [6.45, 7) is 0.410. The van der Waals surface area contributed by atoms with Gasteiger partial charge in [0.2, 0.25) is 10.0 Å². The topological polar surface area (TPSA) is 114 Å². The van der Waals surface area contributed by atoms with E-state index >= 15 is 0 Å². The lowest BCUT2D eigenvalue weighted by molar-refractivity contribution is -0.137. The molecule has 0 aliphatic carbocycles. The quantitative estimate of drug-likeness (QED) is 0.369. The van der Waals surface area contributed by atoms with Crippen molar-refractivity contribution in [2.24, 2.45) is 0 Å². The number of sulfonamides is 1. The Labute approximate surface area is 224 Å². The highest BCUT2D eigenvalue weighted by Gasteiger charge is 2.33. The molecule has 1 N–H and O–H groups in total. The summed E-state index contributed by atoms with van der Waals surface area (Å²) in [5.41, 5.74) is -0.380. The molecule has 38 heavy (non-hydrogen) atoms. The Balaban J connectivity index is 1.34. The maximum absolute atomic E-state index is 13.0. The Hall–Kier alpha value is -3.00. The van der Waals surface area contributed by atoms with Crippen molar-refractivity contribution < 1.29 is 21.6 Å². The number of fused-ring (bicyclic) bond motifs is 1. The van der Waals surface area contributed by atoms with Crippen LogP contribution in [-0.4, -0.2) is 50.8 Å². The minimum Gasteiger partial charge on any atom is -0.308 e. The Morgan fingerprint density at radius 1 is 1.05 bits per heavy atom. The molecule has 0 radical (unpaired) electrons. The van der Waals surface area contributed by atoms with E-state index < -0.39 is 27.3 Å². The molecule has 0 unspecified atom stereocenters. The van der Waals surface area contributed by atoms with E-state index in [2.05, 4.69) is 20.3 Å². The van der Waals surface area contributed by atoms with Crippen LogP contribution in [0, 0.1) is 0 Å². The normalized spacial score (nSPS) is 15.8. The summed E-state index contributed by atoms with van der Waals surface area (Å²) >= 11 is 12.2. The third kappa shape index (κ3) is 5.15. The van der Waals surface area contributed by atoms with Crippen LogP contribution in [0.1, 0.15) is 35.7 Å². The van der Waals surface area contributed by atoms with E-state index in [-0.39, 0.29) is 41.6 Å². The van der Waals surface area contributed by atoms with Crippen molar-refractivity contribution in [3.8, 4) is 0 Å². The molecule has 1 aliphatic rings. The molecule has 4 aromatic rings.